The molecule has 1 saturated heterocycles. The molecule has 0 spiro atoms. The van der Waals surface area contributed by atoms with Gasteiger partial charge in [-0.05, 0) is 5.56 Å². The summed E-state index contributed by atoms with van der Waals surface area (Å²) in [5, 5.41) is 2.00. The first kappa shape index (κ1) is 16.4. The van der Waals surface area contributed by atoms with Crippen molar-refractivity contribution in [2.75, 3.05) is 24.6 Å². The highest BCUT2D eigenvalue weighted by molar-refractivity contribution is 7.99. The van der Waals surface area contributed by atoms with E-state index in [0.717, 1.165) is 30.3 Å². The summed E-state index contributed by atoms with van der Waals surface area (Å²) in [4.78, 5) is 10.9. The van der Waals surface area contributed by atoms with E-state index < -0.39 is 0 Å². The topological polar surface area (TPSA) is 32.3 Å². The molecule has 0 unspecified atom stereocenters. The van der Waals surface area contributed by atoms with Crippen LogP contribution in [0, 0.1) is 0 Å². The van der Waals surface area contributed by atoms with Crippen LogP contribution in [0.4, 0.5) is 0 Å². The van der Waals surface area contributed by atoms with E-state index in [1.807, 2.05) is 41.9 Å². The number of nitrogens with zero attached hydrogens (tertiary/aromatic N) is 1. The van der Waals surface area contributed by atoms with Crippen molar-refractivity contribution in [3.05, 3.63) is 35.9 Å². The SMILES string of the molecule is CCC(=O)NN1CCSCC1.SCc1ccccc1. The van der Waals surface area contributed by atoms with Crippen LogP contribution in [0.25, 0.3) is 0 Å². The van der Waals surface area contributed by atoms with Gasteiger partial charge in [0.15, 0.2) is 0 Å². The van der Waals surface area contributed by atoms with Crippen molar-refractivity contribution >= 4 is 30.3 Å². The maximum Gasteiger partial charge on any atom is 0.233 e. The number of rotatable bonds is 3. The molecule has 106 valence electrons. The molecule has 3 nitrogen and oxygen atoms in total. The fraction of sp³-hybridized carbons (Fsp3) is 0.500. The van der Waals surface area contributed by atoms with Gasteiger partial charge in [-0.25, -0.2) is 5.01 Å². The van der Waals surface area contributed by atoms with Crippen LogP contribution >= 0.6 is 24.4 Å². The lowest BCUT2D eigenvalue weighted by Crippen LogP contribution is -2.46. The van der Waals surface area contributed by atoms with Crippen molar-refractivity contribution < 1.29 is 4.79 Å². The Morgan fingerprint density at radius 3 is 2.42 bits per heavy atom. The van der Waals surface area contributed by atoms with Crippen LogP contribution in [0.15, 0.2) is 30.3 Å². The number of carbonyl (C=O) groups is 1. The van der Waals surface area contributed by atoms with Gasteiger partial charge in [-0.2, -0.15) is 24.4 Å². The molecule has 1 aromatic rings. The molecule has 0 aliphatic carbocycles. The van der Waals surface area contributed by atoms with Crippen LogP contribution in [-0.4, -0.2) is 35.5 Å². The van der Waals surface area contributed by atoms with Crippen molar-refractivity contribution in [1.29, 1.82) is 0 Å². The van der Waals surface area contributed by atoms with Crippen molar-refractivity contribution in [1.82, 2.24) is 10.4 Å². The quantitative estimate of drug-likeness (QED) is 0.841. The Morgan fingerprint density at radius 1 is 1.32 bits per heavy atom. The van der Waals surface area contributed by atoms with E-state index in [9.17, 15) is 4.79 Å². The molecule has 0 bridgehead atoms. The summed E-state index contributed by atoms with van der Waals surface area (Å²) < 4.78 is 0. The lowest BCUT2D eigenvalue weighted by Gasteiger charge is -2.26. The highest BCUT2D eigenvalue weighted by Crippen LogP contribution is 2.06. The number of amides is 1. The average molecular weight is 298 g/mol. The van der Waals surface area contributed by atoms with Gasteiger partial charge >= 0.3 is 0 Å². The van der Waals surface area contributed by atoms with Gasteiger partial charge in [-0.15, -0.1) is 0 Å². The Hall–Kier alpha value is -0.650. The Balaban J connectivity index is 0.000000200. The van der Waals surface area contributed by atoms with Crippen LogP contribution < -0.4 is 5.43 Å². The molecule has 1 amide bonds. The third-order valence-electron chi connectivity index (χ3n) is 2.64. The summed E-state index contributed by atoms with van der Waals surface area (Å²) in [6, 6.07) is 10.2. The number of thioether (sulfide) groups is 1. The Kier molecular flexibility index (Phi) is 8.79. The van der Waals surface area contributed by atoms with Gasteiger partial charge in [-0.3, -0.25) is 10.2 Å². The van der Waals surface area contributed by atoms with Crippen LogP contribution in [0.2, 0.25) is 0 Å². The second kappa shape index (κ2) is 10.2. The Bertz CT molecular complexity index is 354. The molecule has 1 heterocycles. The summed E-state index contributed by atoms with van der Waals surface area (Å²) in [7, 11) is 0. The van der Waals surface area contributed by atoms with Crippen molar-refractivity contribution in [2.45, 2.75) is 19.1 Å². The van der Waals surface area contributed by atoms with Gasteiger partial charge in [0.1, 0.15) is 0 Å². The second-order valence-corrected chi connectivity index (χ2v) is 5.67. The van der Waals surface area contributed by atoms with E-state index in [4.69, 9.17) is 0 Å². The van der Waals surface area contributed by atoms with Crippen molar-refractivity contribution in [2.24, 2.45) is 0 Å². The summed E-state index contributed by atoms with van der Waals surface area (Å²) in [5.74, 6) is 3.21. The third kappa shape index (κ3) is 7.50. The van der Waals surface area contributed by atoms with Crippen LogP contribution in [0.3, 0.4) is 0 Å². The van der Waals surface area contributed by atoms with E-state index in [1.54, 1.807) is 0 Å². The van der Waals surface area contributed by atoms with Crippen molar-refractivity contribution in [3.8, 4) is 0 Å². The van der Waals surface area contributed by atoms with Gasteiger partial charge < -0.3 is 0 Å². The number of hydrogen-bond donors (Lipinski definition) is 2. The number of hydrogen-bond acceptors (Lipinski definition) is 4. The number of benzene rings is 1. The zero-order chi connectivity index (χ0) is 13.9. The zero-order valence-corrected chi connectivity index (χ0v) is 13.1. The molecule has 1 fully saturated rings. The molecule has 0 atom stereocenters. The standard InChI is InChI=1S/C7H14N2OS.C7H8S/c1-2-7(10)8-9-3-5-11-6-4-9;8-6-7-4-2-1-3-5-7/h2-6H2,1H3,(H,8,10);1-5,8H,6H2. The second-order valence-electron chi connectivity index (χ2n) is 4.13. The zero-order valence-electron chi connectivity index (χ0n) is 11.3. The minimum Gasteiger partial charge on any atom is -0.289 e. The number of hydrazine groups is 1. The summed E-state index contributed by atoms with van der Waals surface area (Å²) in [6.45, 7) is 3.83. The van der Waals surface area contributed by atoms with Crippen LogP contribution in [0.5, 0.6) is 0 Å². The monoisotopic (exact) mass is 298 g/mol. The van der Waals surface area contributed by atoms with E-state index in [-0.39, 0.29) is 5.91 Å². The van der Waals surface area contributed by atoms with E-state index in [1.165, 1.54) is 5.56 Å². The van der Waals surface area contributed by atoms with Crippen LogP contribution in [-0.2, 0) is 10.5 Å². The maximum absolute atomic E-state index is 10.9. The first-order valence-corrected chi connectivity index (χ1v) is 8.32. The van der Waals surface area contributed by atoms with Gasteiger partial charge in [0.2, 0.25) is 5.91 Å². The van der Waals surface area contributed by atoms with Crippen molar-refractivity contribution in [3.63, 3.8) is 0 Å². The molecule has 5 heteroatoms. The number of thiol groups is 1. The predicted octanol–water partition coefficient (Wildman–Crippen LogP) is 2.59. The molecule has 0 saturated carbocycles. The smallest absolute Gasteiger partial charge is 0.233 e. The summed E-state index contributed by atoms with van der Waals surface area (Å²) in [5.41, 5.74) is 4.12. The molecule has 1 aliphatic heterocycles. The van der Waals surface area contributed by atoms with Gasteiger partial charge in [0.05, 0.1) is 0 Å². The first-order valence-electron chi connectivity index (χ1n) is 6.53. The van der Waals surface area contributed by atoms with E-state index in [0.29, 0.717) is 6.42 Å². The number of nitrogens with one attached hydrogen (secondary N) is 1. The molecule has 1 aliphatic rings. The normalized spacial score (nSPS) is 15.3. The van der Waals surface area contributed by atoms with E-state index in [2.05, 4.69) is 30.2 Å². The molecular formula is C14H22N2OS2. The van der Waals surface area contributed by atoms with Crippen LogP contribution in [0.1, 0.15) is 18.9 Å². The van der Waals surface area contributed by atoms with Gasteiger partial charge in [0.25, 0.3) is 0 Å². The molecule has 1 N–H and O–H groups in total. The Morgan fingerprint density at radius 2 is 1.95 bits per heavy atom. The highest BCUT2D eigenvalue weighted by Gasteiger charge is 2.10. The largest absolute Gasteiger partial charge is 0.289 e. The Labute approximate surface area is 125 Å². The lowest BCUT2D eigenvalue weighted by molar-refractivity contribution is -0.125. The first-order chi connectivity index (χ1) is 9.26. The molecule has 1 aromatic carbocycles. The average Bonchev–Trinajstić information content (AvgIpc) is 2.49. The van der Waals surface area contributed by atoms with Gasteiger partial charge in [0, 0.05) is 36.8 Å². The lowest BCUT2D eigenvalue weighted by atomic mass is 10.2. The van der Waals surface area contributed by atoms with Gasteiger partial charge in [-0.1, -0.05) is 37.3 Å². The molecule has 0 aromatic heterocycles. The minimum atomic E-state index is 0.122. The third-order valence-corrected chi connectivity index (χ3v) is 3.95. The predicted molar refractivity (Wildman–Crippen MR) is 86.5 cm³/mol. The minimum absolute atomic E-state index is 0.122. The molecular weight excluding hydrogens is 276 g/mol. The van der Waals surface area contributed by atoms with E-state index >= 15 is 0 Å². The highest BCUT2D eigenvalue weighted by atomic mass is 32.2. The maximum atomic E-state index is 10.9. The molecule has 19 heavy (non-hydrogen) atoms. The fourth-order valence-corrected chi connectivity index (χ4v) is 2.63. The summed E-state index contributed by atoms with van der Waals surface area (Å²) >= 11 is 6.05. The fourth-order valence-electron chi connectivity index (χ4n) is 1.51. The number of carbonyl (C=O) groups excluding carboxylic acids is 1. The molecule has 0 radical (unpaired) electrons. The molecule has 2 rings (SSSR count). The summed E-state index contributed by atoms with van der Waals surface area (Å²) in [6.07, 6.45) is 0.573.